The molecule has 0 unspecified atom stereocenters. The van der Waals surface area contributed by atoms with Crippen molar-refractivity contribution in [2.45, 2.75) is 38.2 Å². The van der Waals surface area contributed by atoms with Gasteiger partial charge in [-0.15, -0.1) is 0 Å². The molecule has 3 atom stereocenters. The van der Waals surface area contributed by atoms with Crippen LogP contribution >= 0.6 is 11.3 Å². The molecule has 1 aromatic heterocycles. The molecule has 0 saturated heterocycles. The number of rotatable bonds is 5. The van der Waals surface area contributed by atoms with Crippen LogP contribution in [0.25, 0.3) is 0 Å². The van der Waals surface area contributed by atoms with Crippen LogP contribution in [0.3, 0.4) is 0 Å². The van der Waals surface area contributed by atoms with Gasteiger partial charge in [0.1, 0.15) is 0 Å². The Morgan fingerprint density at radius 1 is 1.53 bits per heavy atom. The molecule has 19 heavy (non-hydrogen) atoms. The number of thiophene rings is 1. The Morgan fingerprint density at radius 2 is 2.37 bits per heavy atom. The summed E-state index contributed by atoms with van der Waals surface area (Å²) < 4.78 is 0. The van der Waals surface area contributed by atoms with Crippen LogP contribution in [0.15, 0.2) is 16.8 Å². The van der Waals surface area contributed by atoms with Crippen LogP contribution in [-0.4, -0.2) is 30.3 Å². The van der Waals surface area contributed by atoms with E-state index in [2.05, 4.69) is 34.4 Å². The molecule has 4 nitrogen and oxygen atoms in total. The van der Waals surface area contributed by atoms with Crippen molar-refractivity contribution in [3.63, 3.8) is 0 Å². The Hall–Kier alpha value is -1.07. The monoisotopic (exact) mass is 282 g/mol. The van der Waals surface area contributed by atoms with E-state index in [9.17, 15) is 9.90 Å². The zero-order valence-electron chi connectivity index (χ0n) is 11.3. The maximum atomic E-state index is 11.7. The summed E-state index contributed by atoms with van der Waals surface area (Å²) in [6.45, 7) is 3.42. The van der Waals surface area contributed by atoms with Crippen molar-refractivity contribution < 1.29 is 9.90 Å². The number of carbonyl (C=O) groups is 1. The third-order valence-electron chi connectivity index (χ3n) is 3.75. The molecule has 1 fully saturated rings. The summed E-state index contributed by atoms with van der Waals surface area (Å²) in [4.78, 5) is 11.7. The van der Waals surface area contributed by atoms with Crippen LogP contribution in [0.1, 0.15) is 37.7 Å². The second-order valence-electron chi connectivity index (χ2n) is 5.38. The summed E-state index contributed by atoms with van der Waals surface area (Å²) in [5.41, 5.74) is 1.27. The van der Waals surface area contributed by atoms with Crippen LogP contribution in [-0.2, 0) is 0 Å². The summed E-state index contributed by atoms with van der Waals surface area (Å²) in [5, 5.41) is 19.4. The maximum absolute atomic E-state index is 11.7. The van der Waals surface area contributed by atoms with E-state index in [1.165, 1.54) is 5.56 Å². The zero-order valence-corrected chi connectivity index (χ0v) is 12.1. The van der Waals surface area contributed by atoms with Crippen molar-refractivity contribution >= 4 is 17.4 Å². The van der Waals surface area contributed by atoms with Crippen molar-refractivity contribution in [3.05, 3.63) is 22.4 Å². The molecule has 0 aromatic carbocycles. The summed E-state index contributed by atoms with van der Waals surface area (Å²) in [7, 11) is 0. The van der Waals surface area contributed by atoms with Gasteiger partial charge in [0.05, 0.1) is 6.10 Å². The first-order chi connectivity index (χ1) is 9.15. The average Bonchev–Trinajstić information content (AvgIpc) is 3.04. The first kappa shape index (κ1) is 14.3. The molecule has 1 aliphatic carbocycles. The minimum absolute atomic E-state index is 0.108. The van der Waals surface area contributed by atoms with Gasteiger partial charge < -0.3 is 15.7 Å². The molecule has 0 spiro atoms. The van der Waals surface area contributed by atoms with Gasteiger partial charge in [-0.2, -0.15) is 11.3 Å². The lowest BCUT2D eigenvalue weighted by Crippen LogP contribution is -2.39. The average molecular weight is 282 g/mol. The molecule has 1 saturated carbocycles. The predicted molar refractivity (Wildman–Crippen MR) is 77.5 cm³/mol. The summed E-state index contributed by atoms with van der Waals surface area (Å²) >= 11 is 1.68. The zero-order chi connectivity index (χ0) is 13.7. The highest BCUT2D eigenvalue weighted by Gasteiger charge is 2.22. The van der Waals surface area contributed by atoms with Crippen molar-refractivity contribution in [1.29, 1.82) is 0 Å². The minimum Gasteiger partial charge on any atom is -0.393 e. The smallest absolute Gasteiger partial charge is 0.314 e. The van der Waals surface area contributed by atoms with Gasteiger partial charge in [0, 0.05) is 13.1 Å². The Morgan fingerprint density at radius 3 is 3.00 bits per heavy atom. The van der Waals surface area contributed by atoms with Gasteiger partial charge in [0.15, 0.2) is 0 Å². The number of hydrogen-bond acceptors (Lipinski definition) is 3. The van der Waals surface area contributed by atoms with Crippen LogP contribution < -0.4 is 10.6 Å². The second kappa shape index (κ2) is 6.91. The fraction of sp³-hybridized carbons (Fsp3) is 0.643. The van der Waals surface area contributed by atoms with Gasteiger partial charge in [-0.25, -0.2) is 4.79 Å². The standard InChI is InChI=1S/C14H22N2O2S/c1-10(12-4-5-19-9-12)7-15-14(18)16-8-11-2-3-13(17)6-11/h4-5,9-11,13,17H,2-3,6-8H2,1H3,(H2,15,16,18)/t10-,11+,13-/m1/s1. The van der Waals surface area contributed by atoms with Crippen LogP contribution in [0.5, 0.6) is 0 Å². The van der Waals surface area contributed by atoms with E-state index in [1.807, 2.05) is 0 Å². The highest BCUT2D eigenvalue weighted by Crippen LogP contribution is 2.24. The molecule has 1 heterocycles. The van der Waals surface area contributed by atoms with Crippen molar-refractivity contribution in [2.24, 2.45) is 5.92 Å². The van der Waals surface area contributed by atoms with Gasteiger partial charge in [-0.1, -0.05) is 6.92 Å². The minimum atomic E-state index is -0.173. The SMILES string of the molecule is C[C@H](CNC(=O)NC[C@H]1CC[C@@H](O)C1)c1ccsc1. The summed E-state index contributed by atoms with van der Waals surface area (Å²) in [6.07, 6.45) is 2.51. The first-order valence-corrected chi connectivity index (χ1v) is 7.81. The topological polar surface area (TPSA) is 61.4 Å². The van der Waals surface area contributed by atoms with Crippen LogP contribution in [0.2, 0.25) is 0 Å². The highest BCUT2D eigenvalue weighted by atomic mass is 32.1. The van der Waals surface area contributed by atoms with E-state index >= 15 is 0 Å². The third-order valence-corrected chi connectivity index (χ3v) is 4.45. The first-order valence-electron chi connectivity index (χ1n) is 6.87. The van der Waals surface area contributed by atoms with E-state index in [0.29, 0.717) is 24.9 Å². The van der Waals surface area contributed by atoms with Crippen molar-refractivity contribution in [1.82, 2.24) is 10.6 Å². The predicted octanol–water partition coefficient (Wildman–Crippen LogP) is 2.31. The largest absolute Gasteiger partial charge is 0.393 e. The van der Waals surface area contributed by atoms with Crippen LogP contribution in [0, 0.1) is 5.92 Å². The number of aliphatic hydroxyl groups is 1. The Labute approximate surface area is 118 Å². The highest BCUT2D eigenvalue weighted by molar-refractivity contribution is 7.07. The van der Waals surface area contributed by atoms with E-state index in [0.717, 1.165) is 19.3 Å². The maximum Gasteiger partial charge on any atom is 0.314 e. The summed E-state index contributed by atoms with van der Waals surface area (Å²) in [5.74, 6) is 0.764. The summed E-state index contributed by atoms with van der Waals surface area (Å²) in [6, 6.07) is 1.98. The fourth-order valence-electron chi connectivity index (χ4n) is 2.45. The Balaban J connectivity index is 1.62. The quantitative estimate of drug-likeness (QED) is 0.776. The van der Waals surface area contributed by atoms with E-state index in [-0.39, 0.29) is 12.1 Å². The molecule has 1 aromatic rings. The molecular weight excluding hydrogens is 260 g/mol. The molecule has 1 aliphatic rings. The van der Waals surface area contributed by atoms with E-state index in [4.69, 9.17) is 0 Å². The molecule has 0 aliphatic heterocycles. The molecular formula is C14H22N2O2S. The van der Waals surface area contributed by atoms with Crippen molar-refractivity contribution in [2.75, 3.05) is 13.1 Å². The molecule has 2 amide bonds. The van der Waals surface area contributed by atoms with Crippen molar-refractivity contribution in [3.8, 4) is 0 Å². The van der Waals surface area contributed by atoms with Crippen LogP contribution in [0.4, 0.5) is 4.79 Å². The van der Waals surface area contributed by atoms with Gasteiger partial charge in [0.25, 0.3) is 0 Å². The number of urea groups is 1. The number of nitrogens with one attached hydrogen (secondary N) is 2. The third kappa shape index (κ3) is 4.51. The molecule has 0 bridgehead atoms. The lowest BCUT2D eigenvalue weighted by molar-refractivity contribution is 0.177. The molecule has 3 N–H and O–H groups in total. The fourth-order valence-corrected chi connectivity index (χ4v) is 3.23. The Bertz CT molecular complexity index is 394. The number of aliphatic hydroxyl groups excluding tert-OH is 1. The lowest BCUT2D eigenvalue weighted by Gasteiger charge is -2.14. The molecule has 5 heteroatoms. The normalized spacial score (nSPS) is 24.1. The van der Waals surface area contributed by atoms with Gasteiger partial charge in [0.2, 0.25) is 0 Å². The number of amides is 2. The second-order valence-corrected chi connectivity index (χ2v) is 6.16. The number of carbonyl (C=O) groups excluding carboxylic acids is 1. The van der Waals surface area contributed by atoms with E-state index < -0.39 is 0 Å². The van der Waals surface area contributed by atoms with Gasteiger partial charge in [-0.05, 0) is 53.5 Å². The molecule has 106 valence electrons. The molecule has 2 rings (SSSR count). The number of hydrogen-bond donors (Lipinski definition) is 3. The van der Waals surface area contributed by atoms with E-state index in [1.54, 1.807) is 11.3 Å². The lowest BCUT2D eigenvalue weighted by atomic mass is 10.1. The Kier molecular flexibility index (Phi) is 5.22. The van der Waals surface area contributed by atoms with Gasteiger partial charge in [-0.3, -0.25) is 0 Å². The molecule has 0 radical (unpaired) electrons. The van der Waals surface area contributed by atoms with Gasteiger partial charge >= 0.3 is 6.03 Å².